The lowest BCUT2D eigenvalue weighted by Crippen LogP contribution is -2.31. The van der Waals surface area contributed by atoms with Crippen LogP contribution in [0.5, 0.6) is 5.75 Å². The van der Waals surface area contributed by atoms with E-state index in [9.17, 15) is 13.2 Å². The number of nitrogens with one attached hydrogen (secondary N) is 2. The Morgan fingerprint density at radius 2 is 2.22 bits per heavy atom. The molecule has 1 aromatic carbocycles. The van der Waals surface area contributed by atoms with Gasteiger partial charge in [-0.25, -0.2) is 18.1 Å². The molecule has 0 aliphatic carbocycles. The van der Waals surface area contributed by atoms with Gasteiger partial charge in [-0.2, -0.15) is 5.10 Å². The molecule has 0 bridgehead atoms. The molecule has 4 rings (SSSR count). The Balaban J connectivity index is 1.86. The topological polar surface area (TPSA) is 122 Å². The van der Waals surface area contributed by atoms with Crippen molar-refractivity contribution in [3.63, 3.8) is 0 Å². The van der Waals surface area contributed by atoms with Crippen LogP contribution in [0.3, 0.4) is 0 Å². The Bertz CT molecular complexity index is 1890. The predicted molar refractivity (Wildman–Crippen MR) is 140 cm³/mol. The molecule has 3 aromatic rings. The third kappa shape index (κ3) is 5.47. The van der Waals surface area contributed by atoms with Crippen LogP contribution in [0, 0.1) is 0 Å². The molecule has 0 saturated carbocycles. The molecule has 1 aliphatic heterocycles. The molecule has 196 valence electrons. The van der Waals surface area contributed by atoms with Crippen LogP contribution in [0.4, 0.5) is 0 Å². The fourth-order valence-corrected chi connectivity index (χ4v) is 4.65. The van der Waals surface area contributed by atoms with Gasteiger partial charge in [-0.3, -0.25) is 9.48 Å². The van der Waals surface area contributed by atoms with Crippen LogP contribution < -0.4 is 15.0 Å². The second kappa shape index (κ2) is 11.1. The monoisotopic (exact) mass is 530 g/mol. The molecule has 3 heterocycles. The van der Waals surface area contributed by atoms with Crippen molar-refractivity contribution >= 4 is 21.1 Å². The van der Waals surface area contributed by atoms with Crippen LogP contribution in [0.15, 0.2) is 27.9 Å². The van der Waals surface area contributed by atoms with Crippen molar-refractivity contribution in [1.82, 2.24) is 29.4 Å². The SMILES string of the molecule is [2H]C(NS(=O)(=O)c1ccc(OCCC)c(-c2nc3c(C([2H])([2H])CC([2H])([2H])[2H])nn(C([2H])([2H])[2H])c3c(=O)[nH]2)c1)C([2H])([2H])C1CCCN1C([2H])([2H])[2H]. The van der Waals surface area contributed by atoms with Crippen molar-refractivity contribution in [3.8, 4) is 17.1 Å². The zero-order chi connectivity index (χ0) is 37.8. The standard InChI is InChI=1S/C25H36N6O4S/c1-5-8-20-22-23(31(4)29-20)25(32)28-24(27-22)19-16-18(10-11-21(19)35-15-6-2)36(33,34)26-13-12-17-9-7-14-30(17)3/h10-11,16-17,26H,5-9,12-15H2,1-4H3,(H,27,28,32)/i1D3,3D3,4D3,8D2,12D2,13D. The number of likely N-dealkylation sites (tertiary alicyclic amines) is 1. The minimum atomic E-state index is -4.74. The summed E-state index contributed by atoms with van der Waals surface area (Å²) in [4.78, 5) is 20.4. The zero-order valence-electron chi connectivity index (χ0n) is 33.5. The van der Waals surface area contributed by atoms with Crippen molar-refractivity contribution in [1.29, 1.82) is 0 Å². The predicted octanol–water partition coefficient (Wildman–Crippen LogP) is 2.83. The highest BCUT2D eigenvalue weighted by Gasteiger charge is 2.23. The molecule has 2 N–H and O–H groups in total. The quantitative estimate of drug-likeness (QED) is 0.391. The van der Waals surface area contributed by atoms with Crippen LogP contribution in [0.2, 0.25) is 0 Å². The first-order valence-corrected chi connectivity index (χ1v) is 12.7. The highest BCUT2D eigenvalue weighted by Crippen LogP contribution is 2.31. The molecular weight excluding hydrogens is 480 g/mol. The van der Waals surface area contributed by atoms with Crippen LogP contribution in [-0.4, -0.2) is 65.8 Å². The average molecular weight is 531 g/mol. The van der Waals surface area contributed by atoms with Crippen molar-refractivity contribution in [2.24, 2.45) is 6.98 Å². The second-order valence-electron chi connectivity index (χ2n) is 8.02. The van der Waals surface area contributed by atoms with E-state index in [0.29, 0.717) is 12.8 Å². The molecule has 11 heteroatoms. The molecule has 0 radical (unpaired) electrons. The van der Waals surface area contributed by atoms with Gasteiger partial charge in [0.25, 0.3) is 5.56 Å². The van der Waals surface area contributed by atoms with Gasteiger partial charge in [0.1, 0.15) is 17.1 Å². The number of aromatic amines is 1. The lowest BCUT2D eigenvalue weighted by atomic mass is 10.1. The molecule has 2 aromatic heterocycles. The summed E-state index contributed by atoms with van der Waals surface area (Å²) >= 11 is 0. The van der Waals surface area contributed by atoms with E-state index in [1.807, 2.05) is 4.72 Å². The molecule has 2 atom stereocenters. The Hall–Kier alpha value is -2.76. The van der Waals surface area contributed by atoms with Crippen molar-refractivity contribution in [3.05, 3.63) is 34.2 Å². The fraction of sp³-hybridized carbons (Fsp3) is 0.560. The number of aromatic nitrogens is 4. The highest BCUT2D eigenvalue weighted by atomic mass is 32.2. The summed E-state index contributed by atoms with van der Waals surface area (Å²) in [6, 6.07) is 1.96. The third-order valence-corrected chi connectivity index (χ3v) is 6.81. The molecule has 36 heavy (non-hydrogen) atoms. The van der Waals surface area contributed by atoms with E-state index < -0.39 is 95.6 Å². The average Bonchev–Trinajstić information content (AvgIpc) is 3.61. The molecule has 10 nitrogen and oxygen atoms in total. The summed E-state index contributed by atoms with van der Waals surface area (Å²) in [5.41, 5.74) is -3.38. The first-order chi connectivity index (χ1) is 22.7. The van der Waals surface area contributed by atoms with Gasteiger partial charge in [-0.1, -0.05) is 20.2 Å². The number of sulfonamides is 1. The Kier molecular flexibility index (Phi) is 4.22. The number of rotatable bonds is 11. The molecule has 1 saturated heterocycles. The summed E-state index contributed by atoms with van der Waals surface area (Å²) in [5.74, 6) is -0.459. The Morgan fingerprint density at radius 1 is 1.33 bits per heavy atom. The summed E-state index contributed by atoms with van der Waals surface area (Å²) in [7, 11) is -4.74. The van der Waals surface area contributed by atoms with Crippen LogP contribution in [0.25, 0.3) is 22.4 Å². The number of hydrogen-bond acceptors (Lipinski definition) is 7. The highest BCUT2D eigenvalue weighted by molar-refractivity contribution is 7.89. The number of H-pyrrole nitrogens is 1. The van der Waals surface area contributed by atoms with Crippen molar-refractivity contribution in [2.45, 2.75) is 63.1 Å². The number of nitrogens with zero attached hydrogens (tertiary/aromatic N) is 4. The van der Waals surface area contributed by atoms with Gasteiger partial charge in [0.15, 0.2) is 5.52 Å². The summed E-state index contributed by atoms with van der Waals surface area (Å²) in [6.45, 7) is -8.89. The smallest absolute Gasteiger partial charge is 0.277 e. The van der Waals surface area contributed by atoms with Crippen molar-refractivity contribution in [2.75, 3.05) is 26.6 Å². The number of fused-ring (bicyclic) bond motifs is 1. The molecule has 0 spiro atoms. The Labute approximate surface area is 231 Å². The summed E-state index contributed by atoms with van der Waals surface area (Å²) < 4.78 is 147. The molecule has 1 aliphatic rings. The number of benzene rings is 1. The Morgan fingerprint density at radius 3 is 3.00 bits per heavy atom. The molecule has 2 unspecified atom stereocenters. The first-order valence-electron chi connectivity index (χ1n) is 18.3. The van der Waals surface area contributed by atoms with E-state index in [1.54, 1.807) is 6.92 Å². The minimum absolute atomic E-state index is 0.0272. The van der Waals surface area contributed by atoms with Gasteiger partial charge in [0, 0.05) is 38.7 Å². The van der Waals surface area contributed by atoms with Gasteiger partial charge in [-0.05, 0) is 63.7 Å². The van der Waals surface area contributed by atoms with Gasteiger partial charge >= 0.3 is 0 Å². The van der Waals surface area contributed by atoms with E-state index >= 15 is 0 Å². The maximum atomic E-state index is 13.6. The maximum Gasteiger partial charge on any atom is 0.277 e. The molecule has 1 fully saturated rings. The molecular formula is C25H36N6O4S. The number of ether oxygens (including phenoxy) is 1. The second-order valence-corrected chi connectivity index (χ2v) is 9.73. The van der Waals surface area contributed by atoms with Crippen LogP contribution >= 0.6 is 0 Å². The van der Waals surface area contributed by atoms with Crippen LogP contribution in [-0.2, 0) is 23.4 Å². The van der Waals surface area contributed by atoms with Crippen molar-refractivity contribution < 1.29 is 32.3 Å². The first kappa shape index (κ1) is 13.7. The number of aryl methyl sites for hydroxylation is 2. The molecule has 0 amide bonds. The van der Waals surface area contributed by atoms with Gasteiger partial charge < -0.3 is 14.6 Å². The summed E-state index contributed by atoms with van der Waals surface area (Å²) in [6.07, 6.45) is -5.71. The van der Waals surface area contributed by atoms with Gasteiger partial charge in [0.05, 0.1) is 22.8 Å². The van der Waals surface area contributed by atoms with E-state index in [2.05, 4.69) is 15.1 Å². The van der Waals surface area contributed by atoms with E-state index in [1.165, 1.54) is 6.07 Å². The van der Waals surface area contributed by atoms with E-state index in [-0.39, 0.29) is 35.6 Å². The van der Waals surface area contributed by atoms with Gasteiger partial charge in [0.2, 0.25) is 10.0 Å². The number of hydrogen-bond donors (Lipinski definition) is 2. The normalized spacial score (nSPS) is 25.2. The largest absolute Gasteiger partial charge is 0.493 e. The van der Waals surface area contributed by atoms with Gasteiger partial charge in [-0.15, -0.1) is 0 Å². The maximum absolute atomic E-state index is 13.6. The third-order valence-electron chi connectivity index (χ3n) is 5.51. The fourth-order valence-electron chi connectivity index (χ4n) is 3.77. The summed E-state index contributed by atoms with van der Waals surface area (Å²) in [5, 5.41) is 3.76. The lowest BCUT2D eigenvalue weighted by molar-refractivity contribution is 0.297. The minimum Gasteiger partial charge on any atom is -0.493 e. The van der Waals surface area contributed by atoms with E-state index in [0.717, 1.165) is 17.0 Å². The van der Waals surface area contributed by atoms with E-state index in [4.69, 9.17) is 23.9 Å². The zero-order valence-corrected chi connectivity index (χ0v) is 20.3. The van der Waals surface area contributed by atoms with Crippen LogP contribution in [0.1, 0.15) is 70.7 Å². The lowest BCUT2D eigenvalue weighted by Gasteiger charge is -2.19.